The molecule has 1 atom stereocenters. The first-order valence-corrected chi connectivity index (χ1v) is 5.67. The van der Waals surface area contributed by atoms with Crippen LogP contribution in [0.4, 0.5) is 5.69 Å². The Morgan fingerprint density at radius 1 is 1.44 bits per heavy atom. The number of hydrogen-bond acceptors (Lipinski definition) is 4. The number of nitrogens with zero attached hydrogens (tertiary/aromatic N) is 1. The molecular weight excluding hydrogens is 202 g/mol. The molecule has 1 heterocycles. The fraction of sp³-hybridized carbons (Fsp3) is 0.500. The third kappa shape index (κ3) is 2.72. The Balaban J connectivity index is 1.96. The zero-order chi connectivity index (χ0) is 11.4. The van der Waals surface area contributed by atoms with Gasteiger partial charge in [0.1, 0.15) is 0 Å². The van der Waals surface area contributed by atoms with Gasteiger partial charge in [-0.05, 0) is 24.6 Å². The summed E-state index contributed by atoms with van der Waals surface area (Å²) in [6.45, 7) is 5.87. The summed E-state index contributed by atoms with van der Waals surface area (Å²) in [6, 6.07) is 8.72. The van der Waals surface area contributed by atoms with Gasteiger partial charge in [-0.1, -0.05) is 12.1 Å². The average Bonchev–Trinajstić information content (AvgIpc) is 2.33. The lowest BCUT2D eigenvalue weighted by Crippen LogP contribution is -2.42. The van der Waals surface area contributed by atoms with Crippen molar-refractivity contribution >= 4 is 5.69 Å². The second kappa shape index (κ2) is 5.30. The predicted octanol–water partition coefficient (Wildman–Crippen LogP) is 1.19. The van der Waals surface area contributed by atoms with Crippen LogP contribution < -0.4 is 11.3 Å². The van der Waals surface area contributed by atoms with Crippen molar-refractivity contribution < 1.29 is 4.74 Å². The van der Waals surface area contributed by atoms with E-state index >= 15 is 0 Å². The van der Waals surface area contributed by atoms with Crippen LogP contribution in [0, 0.1) is 0 Å². The molecule has 0 spiro atoms. The van der Waals surface area contributed by atoms with Gasteiger partial charge in [-0.15, -0.1) is 0 Å². The quantitative estimate of drug-likeness (QED) is 0.594. The number of ether oxygens (including phenoxy) is 1. The third-order valence-corrected chi connectivity index (χ3v) is 3.01. The summed E-state index contributed by atoms with van der Waals surface area (Å²) in [4.78, 5) is 2.44. The number of hydrazine groups is 1. The van der Waals surface area contributed by atoms with Crippen LogP contribution in [0.15, 0.2) is 24.3 Å². The zero-order valence-corrected chi connectivity index (χ0v) is 9.65. The topological polar surface area (TPSA) is 50.5 Å². The molecule has 3 N–H and O–H groups in total. The van der Waals surface area contributed by atoms with Crippen LogP contribution in [0.25, 0.3) is 0 Å². The third-order valence-electron chi connectivity index (χ3n) is 3.01. The van der Waals surface area contributed by atoms with Crippen molar-refractivity contribution in [3.63, 3.8) is 0 Å². The van der Waals surface area contributed by atoms with E-state index in [9.17, 15) is 0 Å². The molecular formula is C12H19N3O. The second-order valence-corrected chi connectivity index (χ2v) is 4.24. The second-order valence-electron chi connectivity index (χ2n) is 4.24. The van der Waals surface area contributed by atoms with Gasteiger partial charge in [0, 0.05) is 24.8 Å². The highest BCUT2D eigenvalue weighted by molar-refractivity contribution is 5.43. The first-order valence-electron chi connectivity index (χ1n) is 5.67. The molecule has 0 saturated carbocycles. The average molecular weight is 221 g/mol. The number of hydrogen-bond donors (Lipinski definition) is 2. The Morgan fingerprint density at radius 3 is 2.81 bits per heavy atom. The lowest BCUT2D eigenvalue weighted by atomic mass is 10.1. The number of benzene rings is 1. The van der Waals surface area contributed by atoms with E-state index in [0.717, 1.165) is 32.0 Å². The first-order chi connectivity index (χ1) is 7.79. The minimum atomic E-state index is 0.501. The Hall–Kier alpha value is -1.10. The van der Waals surface area contributed by atoms with Crippen LogP contribution >= 0.6 is 0 Å². The van der Waals surface area contributed by atoms with Crippen molar-refractivity contribution in [1.29, 1.82) is 0 Å². The van der Waals surface area contributed by atoms with E-state index in [1.165, 1.54) is 5.56 Å². The Morgan fingerprint density at radius 2 is 2.19 bits per heavy atom. The fourth-order valence-corrected chi connectivity index (χ4v) is 1.94. The Bertz CT molecular complexity index is 326. The summed E-state index contributed by atoms with van der Waals surface area (Å²) in [5.74, 6) is 5.33. The van der Waals surface area contributed by atoms with Gasteiger partial charge < -0.3 is 10.2 Å². The minimum absolute atomic E-state index is 0.501. The van der Waals surface area contributed by atoms with Crippen LogP contribution in [-0.4, -0.2) is 30.7 Å². The van der Waals surface area contributed by atoms with Crippen molar-refractivity contribution in [2.45, 2.75) is 19.5 Å². The van der Waals surface area contributed by atoms with E-state index in [1.807, 2.05) is 12.1 Å². The summed E-state index contributed by atoms with van der Waals surface area (Å²) >= 11 is 0. The standard InChI is InChI=1S/C12H19N3O/c1-10-9-16-7-6-15(10)8-11-2-4-12(14-13)5-3-11/h2-5,10,14H,6-9,13H2,1H3/t10-/m0/s1. The Labute approximate surface area is 96.3 Å². The molecule has 4 nitrogen and oxygen atoms in total. The molecule has 0 radical (unpaired) electrons. The molecule has 1 saturated heterocycles. The highest BCUT2D eigenvalue weighted by atomic mass is 16.5. The number of nitrogens with one attached hydrogen (secondary N) is 1. The van der Waals surface area contributed by atoms with Crippen molar-refractivity contribution in [1.82, 2.24) is 4.90 Å². The molecule has 0 amide bonds. The molecule has 0 bridgehead atoms. The van der Waals surface area contributed by atoms with Gasteiger partial charge in [0.05, 0.1) is 13.2 Å². The van der Waals surface area contributed by atoms with E-state index in [2.05, 4.69) is 29.4 Å². The van der Waals surface area contributed by atoms with E-state index in [1.54, 1.807) is 0 Å². The summed E-state index contributed by atoms with van der Waals surface area (Å²) in [6.07, 6.45) is 0. The van der Waals surface area contributed by atoms with Gasteiger partial charge in [-0.25, -0.2) is 0 Å². The number of anilines is 1. The smallest absolute Gasteiger partial charge is 0.0619 e. The molecule has 0 aliphatic carbocycles. The van der Waals surface area contributed by atoms with Crippen molar-refractivity contribution in [3.05, 3.63) is 29.8 Å². The summed E-state index contributed by atoms with van der Waals surface area (Å²) in [5.41, 5.74) is 4.89. The van der Waals surface area contributed by atoms with Crippen LogP contribution in [-0.2, 0) is 11.3 Å². The van der Waals surface area contributed by atoms with Crippen LogP contribution in [0.2, 0.25) is 0 Å². The molecule has 1 aromatic carbocycles. The van der Waals surface area contributed by atoms with E-state index in [-0.39, 0.29) is 0 Å². The monoisotopic (exact) mass is 221 g/mol. The molecule has 1 aromatic rings. The Kier molecular flexibility index (Phi) is 3.77. The van der Waals surface area contributed by atoms with Crippen LogP contribution in [0.5, 0.6) is 0 Å². The van der Waals surface area contributed by atoms with Gasteiger partial charge in [-0.2, -0.15) is 0 Å². The number of rotatable bonds is 3. The molecule has 1 aliphatic rings. The maximum Gasteiger partial charge on any atom is 0.0619 e. The van der Waals surface area contributed by atoms with Gasteiger partial charge >= 0.3 is 0 Å². The van der Waals surface area contributed by atoms with Crippen LogP contribution in [0.1, 0.15) is 12.5 Å². The first kappa shape index (κ1) is 11.4. The molecule has 0 unspecified atom stereocenters. The molecule has 1 aliphatic heterocycles. The van der Waals surface area contributed by atoms with Gasteiger partial charge in [-0.3, -0.25) is 10.7 Å². The maximum absolute atomic E-state index is 5.42. The number of nitrogen functional groups attached to an aromatic ring is 1. The highest BCUT2D eigenvalue weighted by Crippen LogP contribution is 2.14. The molecule has 1 fully saturated rings. The van der Waals surface area contributed by atoms with Gasteiger partial charge in [0.2, 0.25) is 0 Å². The van der Waals surface area contributed by atoms with Gasteiger partial charge in [0.15, 0.2) is 0 Å². The summed E-state index contributed by atoms with van der Waals surface area (Å²) in [7, 11) is 0. The normalized spacial score (nSPS) is 22.0. The highest BCUT2D eigenvalue weighted by Gasteiger charge is 2.18. The zero-order valence-electron chi connectivity index (χ0n) is 9.65. The minimum Gasteiger partial charge on any atom is -0.379 e. The number of morpholine rings is 1. The largest absolute Gasteiger partial charge is 0.379 e. The van der Waals surface area contributed by atoms with E-state index in [0.29, 0.717) is 6.04 Å². The fourth-order valence-electron chi connectivity index (χ4n) is 1.94. The molecule has 4 heteroatoms. The molecule has 2 rings (SSSR count). The SMILES string of the molecule is C[C@H]1COCCN1Cc1ccc(NN)cc1. The van der Waals surface area contributed by atoms with E-state index < -0.39 is 0 Å². The summed E-state index contributed by atoms with van der Waals surface area (Å²) in [5, 5.41) is 0. The lowest BCUT2D eigenvalue weighted by molar-refractivity contribution is -0.00436. The summed E-state index contributed by atoms with van der Waals surface area (Å²) < 4.78 is 5.42. The van der Waals surface area contributed by atoms with Crippen molar-refractivity contribution in [2.75, 3.05) is 25.2 Å². The van der Waals surface area contributed by atoms with Crippen molar-refractivity contribution in [3.8, 4) is 0 Å². The lowest BCUT2D eigenvalue weighted by Gasteiger charge is -2.33. The van der Waals surface area contributed by atoms with Crippen LogP contribution in [0.3, 0.4) is 0 Å². The number of nitrogens with two attached hydrogens (primary N) is 1. The van der Waals surface area contributed by atoms with Crippen molar-refractivity contribution in [2.24, 2.45) is 5.84 Å². The predicted molar refractivity (Wildman–Crippen MR) is 64.9 cm³/mol. The van der Waals surface area contributed by atoms with E-state index in [4.69, 9.17) is 10.6 Å². The molecule has 0 aromatic heterocycles. The molecule has 16 heavy (non-hydrogen) atoms. The maximum atomic E-state index is 5.42. The molecule has 88 valence electrons. The van der Waals surface area contributed by atoms with Gasteiger partial charge in [0.25, 0.3) is 0 Å².